The smallest absolute Gasteiger partial charge is 0.466 e. The third kappa shape index (κ3) is 4.29. The van der Waals surface area contributed by atoms with Gasteiger partial charge in [0.15, 0.2) is 18.6 Å². The lowest BCUT2D eigenvalue weighted by Crippen LogP contribution is -2.59. The summed E-state index contributed by atoms with van der Waals surface area (Å²) in [6.07, 6.45) is 1.79. The van der Waals surface area contributed by atoms with Crippen LogP contribution in [0.2, 0.25) is 0 Å². The van der Waals surface area contributed by atoms with Crippen molar-refractivity contribution in [2.24, 2.45) is 45.5 Å². The van der Waals surface area contributed by atoms with Gasteiger partial charge in [-0.3, -0.25) is 4.79 Å². The number of aliphatic hydroxyl groups excluding tert-OH is 1. The first-order valence-electron chi connectivity index (χ1n) is 14.3. The molecule has 10 atom stereocenters. The summed E-state index contributed by atoms with van der Waals surface area (Å²) in [6.45, 7) is 11.3. The Kier molecular flexibility index (Phi) is 7.40. The summed E-state index contributed by atoms with van der Waals surface area (Å²) in [5.74, 6) is -2.52. The summed E-state index contributed by atoms with van der Waals surface area (Å²) in [5, 5.41) is 26.2. The van der Waals surface area contributed by atoms with E-state index < -0.39 is 59.8 Å². The molecule has 8 nitrogen and oxygen atoms in total. The maximum absolute atomic E-state index is 15.5. The standard InChI is InChI=1S/C30H40BFN2O6/c1-7-29(5)13-22(40-23(35)15-39-20-9-8-19-14-33-34(6)31(38)21(19)12-20)24-16(2)10-11-30(18(4)28(29)37)17(3)26(32)27(36)25(24)30/h7-9,12,14,16-18,22,24-26,28,37-38H,1,10-11,13,15H2,2-6H3/t16-,17?,18+,22-,24+,25+,26+,28+,29-,30+/m1/s1. The molecule has 3 fully saturated rings. The minimum absolute atomic E-state index is 0.0237. The van der Waals surface area contributed by atoms with Gasteiger partial charge in [-0.1, -0.05) is 39.8 Å². The molecule has 0 aromatic heterocycles. The third-order valence-electron chi connectivity index (χ3n) is 10.8. The van der Waals surface area contributed by atoms with Crippen LogP contribution in [-0.4, -0.2) is 72.1 Å². The SMILES string of the molecule is C=C[C@]1(C)C[C@@H](OC(=O)COc2ccc3c(c2)B(O)N(C)N=C3)[C@@H]2[C@H](C)CC[C@]3(C(C)[C@H](F)C(=O)[C@H]23)[C@@H](C)[C@@H]1O. The van der Waals surface area contributed by atoms with E-state index in [9.17, 15) is 19.7 Å². The van der Waals surface area contributed by atoms with Crippen molar-refractivity contribution in [3.05, 3.63) is 36.4 Å². The van der Waals surface area contributed by atoms with E-state index in [1.54, 1.807) is 44.5 Å². The second kappa shape index (κ2) is 10.3. The van der Waals surface area contributed by atoms with E-state index in [1.165, 1.54) is 4.92 Å². The van der Waals surface area contributed by atoms with Gasteiger partial charge < -0.3 is 24.5 Å². The quantitative estimate of drug-likeness (QED) is 0.328. The molecule has 5 rings (SSSR count). The Morgan fingerprint density at radius 3 is 2.75 bits per heavy atom. The Morgan fingerprint density at radius 1 is 1.32 bits per heavy atom. The van der Waals surface area contributed by atoms with Gasteiger partial charge in [0, 0.05) is 30.2 Å². The number of halogens is 1. The van der Waals surface area contributed by atoms with Gasteiger partial charge >= 0.3 is 13.0 Å². The second-order valence-corrected chi connectivity index (χ2v) is 12.7. The first-order chi connectivity index (χ1) is 18.9. The van der Waals surface area contributed by atoms with Gasteiger partial charge in [-0.2, -0.15) is 5.10 Å². The number of aliphatic hydroxyl groups is 1. The molecule has 1 aliphatic heterocycles. The molecule has 1 aromatic carbocycles. The Balaban J connectivity index is 1.42. The van der Waals surface area contributed by atoms with Crippen molar-refractivity contribution >= 4 is 30.5 Å². The minimum Gasteiger partial charge on any atom is -0.482 e. The van der Waals surface area contributed by atoms with E-state index in [1.807, 2.05) is 20.8 Å². The fraction of sp³-hybridized carbons (Fsp3) is 0.633. The molecule has 1 unspecified atom stereocenters. The van der Waals surface area contributed by atoms with Gasteiger partial charge in [0.05, 0.1) is 12.3 Å². The van der Waals surface area contributed by atoms with Gasteiger partial charge in [-0.25, -0.2) is 9.18 Å². The van der Waals surface area contributed by atoms with E-state index in [4.69, 9.17) is 9.47 Å². The lowest BCUT2D eigenvalue weighted by molar-refractivity contribution is -0.186. The van der Waals surface area contributed by atoms with Crippen LogP contribution in [0.5, 0.6) is 5.75 Å². The summed E-state index contributed by atoms with van der Waals surface area (Å²) in [6, 6.07) is 5.11. The summed E-state index contributed by atoms with van der Waals surface area (Å²) in [4.78, 5) is 28.1. The molecule has 3 aliphatic carbocycles. The molecule has 2 N–H and O–H groups in total. The Labute approximate surface area is 235 Å². The van der Waals surface area contributed by atoms with Gasteiger partial charge in [-0.15, -0.1) is 6.58 Å². The number of nitrogens with zero attached hydrogens (tertiary/aromatic N) is 2. The first kappa shape index (κ1) is 28.8. The number of carbonyl (C=O) groups is 2. The van der Waals surface area contributed by atoms with Crippen LogP contribution in [0.25, 0.3) is 0 Å². The zero-order chi connectivity index (χ0) is 29.1. The van der Waals surface area contributed by atoms with Crippen LogP contribution < -0.4 is 10.2 Å². The lowest BCUT2D eigenvalue weighted by Gasteiger charge is -2.58. The van der Waals surface area contributed by atoms with E-state index >= 15 is 4.39 Å². The first-order valence-corrected chi connectivity index (χ1v) is 14.3. The number of hydrogen-bond donors (Lipinski definition) is 2. The summed E-state index contributed by atoms with van der Waals surface area (Å²) in [7, 11) is 0.718. The molecular formula is C30H40BFN2O6. The molecule has 0 amide bonds. The molecule has 216 valence electrons. The highest BCUT2D eigenvalue weighted by Crippen LogP contribution is 2.65. The average molecular weight is 554 g/mol. The number of carbonyl (C=O) groups excluding carboxylic acids is 2. The zero-order valence-electron chi connectivity index (χ0n) is 23.9. The van der Waals surface area contributed by atoms with Crippen LogP contribution in [-0.2, 0) is 14.3 Å². The predicted octanol–water partition coefficient (Wildman–Crippen LogP) is 2.74. The van der Waals surface area contributed by atoms with Gasteiger partial charge in [0.2, 0.25) is 0 Å². The molecular weight excluding hydrogens is 514 g/mol. The van der Waals surface area contributed by atoms with Crippen molar-refractivity contribution in [2.75, 3.05) is 13.7 Å². The maximum Gasteiger partial charge on any atom is 0.466 e. The largest absolute Gasteiger partial charge is 0.482 e. The third-order valence-corrected chi connectivity index (χ3v) is 10.8. The van der Waals surface area contributed by atoms with Crippen molar-refractivity contribution in [3.63, 3.8) is 0 Å². The average Bonchev–Trinajstić information content (AvgIpc) is 3.13. The molecule has 10 heteroatoms. The van der Waals surface area contributed by atoms with Gasteiger partial charge in [0.1, 0.15) is 11.9 Å². The highest BCUT2D eigenvalue weighted by molar-refractivity contribution is 6.65. The number of benzene rings is 1. The van der Waals surface area contributed by atoms with Crippen LogP contribution in [0, 0.1) is 40.4 Å². The molecule has 1 heterocycles. The van der Waals surface area contributed by atoms with Crippen LogP contribution in [0.15, 0.2) is 36.0 Å². The topological polar surface area (TPSA) is 109 Å². The molecule has 2 bridgehead atoms. The summed E-state index contributed by atoms with van der Waals surface area (Å²) in [5.41, 5.74) is -0.171. The van der Waals surface area contributed by atoms with Crippen LogP contribution in [0.1, 0.15) is 52.5 Å². The molecule has 3 saturated carbocycles. The van der Waals surface area contributed by atoms with Gasteiger partial charge in [0.25, 0.3) is 0 Å². The van der Waals surface area contributed by atoms with Crippen LogP contribution >= 0.6 is 0 Å². The Morgan fingerprint density at radius 2 is 2.05 bits per heavy atom. The number of esters is 1. The molecule has 0 spiro atoms. The molecule has 40 heavy (non-hydrogen) atoms. The fourth-order valence-corrected chi connectivity index (χ4v) is 8.30. The maximum atomic E-state index is 15.5. The Hall–Kier alpha value is -2.72. The second-order valence-electron chi connectivity index (χ2n) is 12.7. The minimum atomic E-state index is -1.61. The van der Waals surface area contributed by atoms with E-state index in [0.29, 0.717) is 17.6 Å². The lowest BCUT2D eigenvalue weighted by atomic mass is 9.47. The molecule has 4 aliphatic rings. The predicted molar refractivity (Wildman–Crippen MR) is 150 cm³/mol. The van der Waals surface area contributed by atoms with E-state index in [2.05, 4.69) is 11.7 Å². The van der Waals surface area contributed by atoms with Crippen molar-refractivity contribution < 1.29 is 33.6 Å². The van der Waals surface area contributed by atoms with Gasteiger partial charge in [-0.05, 0) is 59.7 Å². The highest BCUT2D eigenvalue weighted by atomic mass is 19.1. The summed E-state index contributed by atoms with van der Waals surface area (Å²) < 4.78 is 27.3. The number of ketones is 1. The highest BCUT2D eigenvalue weighted by Gasteiger charge is 2.69. The van der Waals surface area contributed by atoms with E-state index in [0.717, 1.165) is 12.0 Å². The Bertz CT molecular complexity index is 1230. The number of fused-ring (bicyclic) bond motifs is 1. The number of hydrazone groups is 1. The number of alkyl halides is 1. The number of rotatable bonds is 5. The van der Waals surface area contributed by atoms with Crippen molar-refractivity contribution in [3.8, 4) is 5.75 Å². The number of ether oxygens (including phenoxy) is 2. The van der Waals surface area contributed by atoms with Crippen molar-refractivity contribution in [2.45, 2.75) is 65.3 Å². The monoisotopic (exact) mass is 554 g/mol. The van der Waals surface area contributed by atoms with E-state index in [-0.39, 0.29) is 30.8 Å². The normalized spacial score (nSPS) is 40.5. The number of Topliss-reactive ketones (excluding diaryl/α,β-unsaturated/α-hetero) is 1. The summed E-state index contributed by atoms with van der Waals surface area (Å²) >= 11 is 0. The van der Waals surface area contributed by atoms with Crippen molar-refractivity contribution in [1.82, 2.24) is 4.92 Å². The molecule has 0 saturated heterocycles. The zero-order valence-corrected chi connectivity index (χ0v) is 23.9. The molecule has 1 aromatic rings. The van der Waals surface area contributed by atoms with Crippen molar-refractivity contribution in [1.29, 1.82) is 0 Å². The molecule has 0 radical (unpaired) electrons. The fourth-order valence-electron chi connectivity index (χ4n) is 8.30. The number of hydrogen-bond acceptors (Lipinski definition) is 8. The van der Waals surface area contributed by atoms with Crippen LogP contribution in [0.4, 0.5) is 4.39 Å². The van der Waals surface area contributed by atoms with Crippen LogP contribution in [0.3, 0.4) is 0 Å².